The third-order valence-electron chi connectivity index (χ3n) is 2.49. The fourth-order valence-corrected chi connectivity index (χ4v) is 1.82. The van der Waals surface area contributed by atoms with E-state index in [1.165, 1.54) is 0 Å². The summed E-state index contributed by atoms with van der Waals surface area (Å²) >= 11 is 0. The molecule has 0 radical (unpaired) electrons. The van der Waals surface area contributed by atoms with E-state index in [1.807, 2.05) is 19.9 Å². The van der Waals surface area contributed by atoms with Crippen LogP contribution in [0.1, 0.15) is 31.7 Å². The van der Waals surface area contributed by atoms with Gasteiger partial charge in [-0.2, -0.15) is 0 Å². The Balaban J connectivity index is 2.89. The number of hydrogen-bond acceptors (Lipinski definition) is 4. The number of nitrogens with one attached hydrogen (secondary N) is 1. The molecule has 1 heterocycles. The van der Waals surface area contributed by atoms with E-state index in [1.54, 1.807) is 0 Å². The lowest BCUT2D eigenvalue weighted by Gasteiger charge is -2.24. The molecule has 0 aliphatic rings. The van der Waals surface area contributed by atoms with Gasteiger partial charge in [0.1, 0.15) is 0 Å². The maximum atomic E-state index is 7.33. The third kappa shape index (κ3) is 4.69. The van der Waals surface area contributed by atoms with E-state index in [0.29, 0.717) is 18.9 Å². The summed E-state index contributed by atoms with van der Waals surface area (Å²) in [5, 5.41) is 7.33. The van der Waals surface area contributed by atoms with Gasteiger partial charge in [0.2, 0.25) is 5.95 Å². The predicted molar refractivity (Wildman–Crippen MR) is 75.1 cm³/mol. The Morgan fingerprint density at radius 1 is 1.33 bits per heavy atom. The smallest absolute Gasteiger partial charge is 0.225 e. The summed E-state index contributed by atoms with van der Waals surface area (Å²) in [6, 6.07) is 1.96. The average molecular weight is 249 g/mol. The Kier molecular flexibility index (Phi) is 5.07. The molecule has 0 spiro atoms. The molecule has 5 nitrogen and oxygen atoms in total. The molecule has 3 N–H and O–H groups in total. The van der Waals surface area contributed by atoms with Crippen molar-refractivity contribution in [2.24, 2.45) is 11.7 Å². The van der Waals surface area contributed by atoms with Crippen molar-refractivity contribution in [1.29, 1.82) is 5.41 Å². The molecule has 0 amide bonds. The van der Waals surface area contributed by atoms with Crippen LogP contribution in [0.5, 0.6) is 0 Å². The van der Waals surface area contributed by atoms with Crippen molar-refractivity contribution in [3.63, 3.8) is 0 Å². The molecular weight excluding hydrogens is 226 g/mol. The molecule has 0 aliphatic carbocycles. The second-order valence-electron chi connectivity index (χ2n) is 5.07. The van der Waals surface area contributed by atoms with Gasteiger partial charge in [-0.1, -0.05) is 13.8 Å². The van der Waals surface area contributed by atoms with Gasteiger partial charge in [0.15, 0.2) is 0 Å². The zero-order valence-corrected chi connectivity index (χ0v) is 11.7. The zero-order chi connectivity index (χ0) is 13.7. The number of aryl methyl sites for hydroxylation is 2. The molecule has 0 bridgehead atoms. The largest absolute Gasteiger partial charge is 0.388 e. The van der Waals surface area contributed by atoms with Crippen LogP contribution in [-0.4, -0.2) is 28.9 Å². The lowest BCUT2D eigenvalue weighted by Crippen LogP contribution is -2.32. The number of amidine groups is 1. The molecule has 0 saturated carbocycles. The summed E-state index contributed by atoms with van der Waals surface area (Å²) < 4.78 is 0. The van der Waals surface area contributed by atoms with E-state index in [9.17, 15) is 0 Å². The van der Waals surface area contributed by atoms with Gasteiger partial charge >= 0.3 is 0 Å². The minimum atomic E-state index is 0.202. The highest BCUT2D eigenvalue weighted by atomic mass is 15.2. The summed E-state index contributed by atoms with van der Waals surface area (Å²) in [6.45, 7) is 9.81. The summed E-state index contributed by atoms with van der Waals surface area (Å²) in [5.41, 5.74) is 7.36. The number of nitrogens with zero attached hydrogens (tertiary/aromatic N) is 3. The van der Waals surface area contributed by atoms with Crippen LogP contribution in [0.4, 0.5) is 5.95 Å². The second-order valence-corrected chi connectivity index (χ2v) is 5.07. The van der Waals surface area contributed by atoms with Gasteiger partial charge < -0.3 is 10.6 Å². The maximum Gasteiger partial charge on any atom is 0.225 e. The van der Waals surface area contributed by atoms with E-state index in [-0.39, 0.29) is 5.84 Å². The molecule has 0 fully saturated rings. The van der Waals surface area contributed by atoms with Crippen LogP contribution in [0.2, 0.25) is 0 Å². The van der Waals surface area contributed by atoms with E-state index in [2.05, 4.69) is 28.7 Å². The first-order chi connectivity index (χ1) is 8.38. The molecule has 0 aromatic carbocycles. The summed E-state index contributed by atoms with van der Waals surface area (Å²) in [6.07, 6.45) is 0.545. The van der Waals surface area contributed by atoms with Crippen LogP contribution in [-0.2, 0) is 0 Å². The average Bonchev–Trinajstić information content (AvgIpc) is 2.22. The Labute approximate surface area is 109 Å². The van der Waals surface area contributed by atoms with Crippen molar-refractivity contribution in [2.45, 2.75) is 34.1 Å². The molecular formula is C13H23N5. The van der Waals surface area contributed by atoms with Crippen molar-refractivity contribution in [1.82, 2.24) is 9.97 Å². The van der Waals surface area contributed by atoms with Crippen molar-refractivity contribution >= 4 is 11.8 Å². The molecule has 0 saturated heterocycles. The Morgan fingerprint density at radius 2 is 1.89 bits per heavy atom. The third-order valence-corrected chi connectivity index (χ3v) is 2.49. The molecule has 0 aliphatic heterocycles. The number of hydrogen-bond donors (Lipinski definition) is 2. The van der Waals surface area contributed by atoms with E-state index >= 15 is 0 Å². The second kappa shape index (κ2) is 6.33. The van der Waals surface area contributed by atoms with E-state index < -0.39 is 0 Å². The van der Waals surface area contributed by atoms with Gasteiger partial charge in [-0.05, 0) is 25.8 Å². The lowest BCUT2D eigenvalue weighted by molar-refractivity contribution is 0.602. The fraction of sp³-hybridized carbons (Fsp3) is 0.615. The quantitative estimate of drug-likeness (QED) is 0.596. The van der Waals surface area contributed by atoms with Crippen LogP contribution in [0.3, 0.4) is 0 Å². The Hall–Kier alpha value is -1.65. The Morgan fingerprint density at radius 3 is 2.33 bits per heavy atom. The monoisotopic (exact) mass is 249 g/mol. The lowest BCUT2D eigenvalue weighted by atomic mass is 10.2. The molecule has 0 atom stereocenters. The Bertz CT molecular complexity index is 394. The van der Waals surface area contributed by atoms with Crippen LogP contribution < -0.4 is 10.6 Å². The van der Waals surface area contributed by atoms with E-state index in [4.69, 9.17) is 11.1 Å². The van der Waals surface area contributed by atoms with Crippen LogP contribution in [0, 0.1) is 25.2 Å². The van der Waals surface area contributed by atoms with Crippen LogP contribution in [0.25, 0.3) is 0 Å². The van der Waals surface area contributed by atoms with Crippen LogP contribution in [0.15, 0.2) is 6.07 Å². The minimum absolute atomic E-state index is 0.202. The van der Waals surface area contributed by atoms with Gasteiger partial charge in [0, 0.05) is 30.9 Å². The van der Waals surface area contributed by atoms with Crippen LogP contribution >= 0.6 is 0 Å². The standard InChI is InChI=1S/C13H23N5/c1-9(2)8-18(6-5-12(14)15)13-16-10(3)7-11(4)17-13/h7,9H,5-6,8H2,1-4H3,(H3,14,15). The molecule has 18 heavy (non-hydrogen) atoms. The van der Waals surface area contributed by atoms with Crippen molar-refractivity contribution in [3.05, 3.63) is 17.5 Å². The highest BCUT2D eigenvalue weighted by Gasteiger charge is 2.12. The van der Waals surface area contributed by atoms with Crippen molar-refractivity contribution in [2.75, 3.05) is 18.0 Å². The van der Waals surface area contributed by atoms with Crippen molar-refractivity contribution in [3.8, 4) is 0 Å². The first-order valence-electron chi connectivity index (χ1n) is 6.28. The summed E-state index contributed by atoms with van der Waals surface area (Å²) in [7, 11) is 0. The minimum Gasteiger partial charge on any atom is -0.388 e. The molecule has 1 aromatic heterocycles. The maximum absolute atomic E-state index is 7.33. The van der Waals surface area contributed by atoms with Gasteiger partial charge in [-0.25, -0.2) is 9.97 Å². The number of rotatable bonds is 6. The predicted octanol–water partition coefficient (Wildman–Crippen LogP) is 1.88. The van der Waals surface area contributed by atoms with E-state index in [0.717, 1.165) is 23.9 Å². The summed E-state index contributed by atoms with van der Waals surface area (Å²) in [5.74, 6) is 1.46. The normalized spacial score (nSPS) is 10.7. The zero-order valence-electron chi connectivity index (χ0n) is 11.7. The first-order valence-corrected chi connectivity index (χ1v) is 6.28. The summed E-state index contributed by atoms with van der Waals surface area (Å²) in [4.78, 5) is 11.0. The number of nitrogens with two attached hydrogens (primary N) is 1. The molecule has 1 aromatic rings. The molecule has 1 rings (SSSR count). The number of aromatic nitrogens is 2. The molecule has 0 unspecified atom stereocenters. The number of anilines is 1. The van der Waals surface area contributed by atoms with Gasteiger partial charge in [-0.3, -0.25) is 5.41 Å². The van der Waals surface area contributed by atoms with Gasteiger partial charge in [-0.15, -0.1) is 0 Å². The topological polar surface area (TPSA) is 78.9 Å². The highest BCUT2D eigenvalue weighted by Crippen LogP contribution is 2.12. The first kappa shape index (κ1) is 14.4. The molecule has 100 valence electrons. The highest BCUT2D eigenvalue weighted by molar-refractivity contribution is 5.77. The van der Waals surface area contributed by atoms with Crippen molar-refractivity contribution < 1.29 is 0 Å². The van der Waals surface area contributed by atoms with Gasteiger partial charge in [0.25, 0.3) is 0 Å². The fourth-order valence-electron chi connectivity index (χ4n) is 1.82. The SMILES string of the molecule is Cc1cc(C)nc(N(CCC(=N)N)CC(C)C)n1. The van der Waals surface area contributed by atoms with Gasteiger partial charge in [0.05, 0.1) is 5.84 Å². The molecule has 5 heteroatoms.